The number of imidazole rings is 1. The fourth-order valence-electron chi connectivity index (χ4n) is 2.05. The van der Waals surface area contributed by atoms with Crippen molar-refractivity contribution in [3.8, 4) is 11.5 Å². The summed E-state index contributed by atoms with van der Waals surface area (Å²) in [5.74, 6) is 0.881. The topological polar surface area (TPSA) is 89.1 Å². The minimum Gasteiger partial charge on any atom is -0.497 e. The Morgan fingerprint density at radius 1 is 1.18 bits per heavy atom. The molecule has 0 aliphatic heterocycles. The van der Waals surface area contributed by atoms with Crippen molar-refractivity contribution < 1.29 is 14.3 Å². The summed E-state index contributed by atoms with van der Waals surface area (Å²) in [6, 6.07) is 6.86. The predicted octanol–water partition coefficient (Wildman–Crippen LogP) is 2.23. The average molecular weight is 298 g/mol. The molecule has 2 aromatic heterocycles. The fourth-order valence-corrected chi connectivity index (χ4v) is 2.05. The van der Waals surface area contributed by atoms with Gasteiger partial charge in [-0.05, 0) is 18.2 Å². The SMILES string of the molecule is COc1ccc(NC(=O)c2cnc3nc[nH]c3c2)c(OC)c1. The normalized spacial score (nSPS) is 10.5. The molecule has 1 aromatic carbocycles. The maximum absolute atomic E-state index is 12.3. The molecule has 7 nitrogen and oxygen atoms in total. The lowest BCUT2D eigenvalue weighted by Crippen LogP contribution is -2.13. The van der Waals surface area contributed by atoms with Gasteiger partial charge in [-0.1, -0.05) is 0 Å². The molecule has 2 heterocycles. The fraction of sp³-hybridized carbons (Fsp3) is 0.133. The number of amides is 1. The molecule has 0 bridgehead atoms. The molecule has 3 aromatic rings. The van der Waals surface area contributed by atoms with E-state index in [0.717, 1.165) is 0 Å². The number of rotatable bonds is 4. The lowest BCUT2D eigenvalue weighted by atomic mass is 10.2. The van der Waals surface area contributed by atoms with Gasteiger partial charge < -0.3 is 19.8 Å². The van der Waals surface area contributed by atoms with E-state index in [2.05, 4.69) is 20.3 Å². The molecule has 2 N–H and O–H groups in total. The van der Waals surface area contributed by atoms with E-state index in [4.69, 9.17) is 9.47 Å². The summed E-state index contributed by atoms with van der Waals surface area (Å²) < 4.78 is 10.4. The zero-order valence-corrected chi connectivity index (χ0v) is 12.1. The number of nitrogens with one attached hydrogen (secondary N) is 2. The van der Waals surface area contributed by atoms with Gasteiger partial charge in [-0.15, -0.1) is 0 Å². The average Bonchev–Trinajstić information content (AvgIpc) is 3.02. The first-order valence-corrected chi connectivity index (χ1v) is 6.54. The van der Waals surface area contributed by atoms with Crippen LogP contribution in [0.4, 0.5) is 5.69 Å². The van der Waals surface area contributed by atoms with Crippen LogP contribution < -0.4 is 14.8 Å². The monoisotopic (exact) mass is 298 g/mol. The van der Waals surface area contributed by atoms with Crippen LogP contribution in [0.3, 0.4) is 0 Å². The Hall–Kier alpha value is -3.09. The van der Waals surface area contributed by atoms with Crippen LogP contribution in [-0.2, 0) is 0 Å². The molecular weight excluding hydrogens is 284 g/mol. The molecule has 7 heteroatoms. The molecular formula is C15H14N4O3. The van der Waals surface area contributed by atoms with Crippen LogP contribution in [0.5, 0.6) is 11.5 Å². The minimum atomic E-state index is -0.285. The summed E-state index contributed by atoms with van der Waals surface area (Å²) in [4.78, 5) is 23.4. The highest BCUT2D eigenvalue weighted by molar-refractivity contribution is 6.06. The number of aromatic nitrogens is 3. The predicted molar refractivity (Wildman–Crippen MR) is 81.4 cm³/mol. The zero-order chi connectivity index (χ0) is 15.5. The van der Waals surface area contributed by atoms with Crippen LogP contribution in [0.25, 0.3) is 11.2 Å². The van der Waals surface area contributed by atoms with Crippen LogP contribution in [0.1, 0.15) is 10.4 Å². The van der Waals surface area contributed by atoms with E-state index in [9.17, 15) is 4.79 Å². The number of aromatic amines is 1. The Morgan fingerprint density at radius 2 is 2.05 bits per heavy atom. The highest BCUT2D eigenvalue weighted by Crippen LogP contribution is 2.29. The molecule has 0 atom stereocenters. The Labute approximate surface area is 126 Å². The van der Waals surface area contributed by atoms with Crippen molar-refractivity contribution in [2.75, 3.05) is 19.5 Å². The van der Waals surface area contributed by atoms with Gasteiger partial charge in [0.1, 0.15) is 11.5 Å². The van der Waals surface area contributed by atoms with E-state index in [1.165, 1.54) is 19.6 Å². The van der Waals surface area contributed by atoms with Crippen LogP contribution >= 0.6 is 0 Å². The zero-order valence-electron chi connectivity index (χ0n) is 12.1. The first-order chi connectivity index (χ1) is 10.7. The molecule has 0 radical (unpaired) electrons. The van der Waals surface area contributed by atoms with Crippen LogP contribution in [0, 0.1) is 0 Å². The third-order valence-electron chi connectivity index (χ3n) is 3.19. The van der Waals surface area contributed by atoms with Crippen molar-refractivity contribution >= 4 is 22.8 Å². The van der Waals surface area contributed by atoms with E-state index in [0.29, 0.717) is 33.9 Å². The van der Waals surface area contributed by atoms with Crippen molar-refractivity contribution in [3.63, 3.8) is 0 Å². The maximum Gasteiger partial charge on any atom is 0.257 e. The Bertz CT molecular complexity index is 829. The van der Waals surface area contributed by atoms with Crippen molar-refractivity contribution in [1.29, 1.82) is 0 Å². The number of hydrogen-bond donors (Lipinski definition) is 2. The second-order valence-corrected chi connectivity index (χ2v) is 4.52. The van der Waals surface area contributed by atoms with Crippen molar-refractivity contribution in [1.82, 2.24) is 15.0 Å². The number of H-pyrrole nitrogens is 1. The van der Waals surface area contributed by atoms with Gasteiger partial charge in [0.05, 0.1) is 37.3 Å². The number of methoxy groups -OCH3 is 2. The standard InChI is InChI=1S/C15H14N4O3/c1-21-10-3-4-11(13(6-10)22-2)19-15(20)9-5-12-14(16-7-9)18-8-17-12/h3-8H,1-2H3,(H,19,20)(H,16,17,18). The van der Waals surface area contributed by atoms with Crippen molar-refractivity contribution in [2.45, 2.75) is 0 Å². The molecule has 112 valence electrons. The number of benzene rings is 1. The van der Waals surface area contributed by atoms with E-state index < -0.39 is 0 Å². The quantitative estimate of drug-likeness (QED) is 0.771. The van der Waals surface area contributed by atoms with Gasteiger partial charge in [0, 0.05) is 12.3 Å². The lowest BCUT2D eigenvalue weighted by molar-refractivity contribution is 0.102. The first-order valence-electron chi connectivity index (χ1n) is 6.54. The number of hydrogen-bond acceptors (Lipinski definition) is 5. The van der Waals surface area contributed by atoms with Gasteiger partial charge in [0.15, 0.2) is 5.65 Å². The number of carbonyl (C=O) groups is 1. The molecule has 0 spiro atoms. The van der Waals surface area contributed by atoms with Gasteiger partial charge in [-0.25, -0.2) is 9.97 Å². The molecule has 0 fully saturated rings. The van der Waals surface area contributed by atoms with Crippen molar-refractivity contribution in [2.24, 2.45) is 0 Å². The van der Waals surface area contributed by atoms with Crippen molar-refractivity contribution in [3.05, 3.63) is 42.4 Å². The molecule has 0 saturated carbocycles. The second kappa shape index (κ2) is 5.72. The number of anilines is 1. The largest absolute Gasteiger partial charge is 0.497 e. The number of fused-ring (bicyclic) bond motifs is 1. The number of pyridine rings is 1. The van der Waals surface area contributed by atoms with Crippen LogP contribution in [-0.4, -0.2) is 35.1 Å². The van der Waals surface area contributed by atoms with E-state index in [1.54, 1.807) is 31.4 Å². The molecule has 0 aliphatic rings. The van der Waals surface area contributed by atoms with Gasteiger partial charge in [-0.3, -0.25) is 4.79 Å². The summed E-state index contributed by atoms with van der Waals surface area (Å²) >= 11 is 0. The van der Waals surface area contributed by atoms with Gasteiger partial charge in [0.25, 0.3) is 5.91 Å². The summed E-state index contributed by atoms with van der Waals surface area (Å²) in [6.07, 6.45) is 3.01. The molecule has 0 unspecified atom stereocenters. The minimum absolute atomic E-state index is 0.285. The number of ether oxygens (including phenoxy) is 2. The van der Waals surface area contributed by atoms with E-state index in [-0.39, 0.29) is 5.91 Å². The maximum atomic E-state index is 12.3. The van der Waals surface area contributed by atoms with Crippen LogP contribution in [0.15, 0.2) is 36.8 Å². The summed E-state index contributed by atoms with van der Waals surface area (Å²) in [6.45, 7) is 0. The summed E-state index contributed by atoms with van der Waals surface area (Å²) in [5.41, 5.74) is 2.25. The molecule has 3 rings (SSSR count). The molecule has 1 amide bonds. The highest BCUT2D eigenvalue weighted by Gasteiger charge is 2.12. The third kappa shape index (κ3) is 2.56. The smallest absolute Gasteiger partial charge is 0.257 e. The lowest BCUT2D eigenvalue weighted by Gasteiger charge is -2.11. The van der Waals surface area contributed by atoms with Crippen LogP contribution in [0.2, 0.25) is 0 Å². The Morgan fingerprint density at radius 3 is 2.82 bits per heavy atom. The van der Waals surface area contributed by atoms with Gasteiger partial charge in [-0.2, -0.15) is 0 Å². The number of nitrogens with zero attached hydrogens (tertiary/aromatic N) is 2. The third-order valence-corrected chi connectivity index (χ3v) is 3.19. The van der Waals surface area contributed by atoms with E-state index >= 15 is 0 Å². The molecule has 0 aliphatic carbocycles. The summed E-state index contributed by atoms with van der Waals surface area (Å²) in [7, 11) is 3.10. The van der Waals surface area contributed by atoms with E-state index in [1.807, 2.05) is 0 Å². The molecule has 22 heavy (non-hydrogen) atoms. The Balaban J connectivity index is 1.87. The second-order valence-electron chi connectivity index (χ2n) is 4.52. The number of carbonyl (C=O) groups excluding carboxylic acids is 1. The Kier molecular flexibility index (Phi) is 3.61. The highest BCUT2D eigenvalue weighted by atomic mass is 16.5. The summed E-state index contributed by atoms with van der Waals surface area (Å²) in [5, 5.41) is 2.79. The first kappa shape index (κ1) is 13.9. The van der Waals surface area contributed by atoms with Gasteiger partial charge in [0.2, 0.25) is 0 Å². The van der Waals surface area contributed by atoms with Gasteiger partial charge >= 0.3 is 0 Å². The molecule has 0 saturated heterocycles.